The average Bonchev–Trinajstić information content (AvgIpc) is 2.84. The van der Waals surface area contributed by atoms with Gasteiger partial charge in [-0.1, -0.05) is 18.2 Å². The van der Waals surface area contributed by atoms with Crippen molar-refractivity contribution in [2.75, 3.05) is 31.5 Å². The molecule has 1 aromatic carbocycles. The van der Waals surface area contributed by atoms with Gasteiger partial charge >= 0.3 is 0 Å². The molecule has 1 N–H and O–H groups in total. The van der Waals surface area contributed by atoms with E-state index in [0.717, 1.165) is 18.8 Å². The first-order chi connectivity index (χ1) is 9.34. The number of anilines is 1. The van der Waals surface area contributed by atoms with Gasteiger partial charge in [0.25, 0.3) is 6.02 Å². The number of amidine groups is 1. The standard InChI is InChI=1S/C15H19N3O/c1-2-4-13(5-3-1)17-14-16-10-15(19-14)11-18-8-6-12(15)7-9-18/h1-5,12H,6-11H2,(H,16,17). The van der Waals surface area contributed by atoms with Gasteiger partial charge in [-0.2, -0.15) is 0 Å². The Labute approximate surface area is 113 Å². The number of benzene rings is 1. The van der Waals surface area contributed by atoms with E-state index < -0.39 is 0 Å². The maximum absolute atomic E-state index is 6.22. The summed E-state index contributed by atoms with van der Waals surface area (Å²) in [4.78, 5) is 7.10. The number of piperidine rings is 3. The Balaban J connectivity index is 1.48. The van der Waals surface area contributed by atoms with E-state index in [1.54, 1.807) is 0 Å². The molecule has 0 aromatic heterocycles. The van der Waals surface area contributed by atoms with Crippen LogP contribution in [-0.2, 0) is 4.74 Å². The first-order valence-corrected chi connectivity index (χ1v) is 7.12. The number of hydrogen-bond donors (Lipinski definition) is 1. The van der Waals surface area contributed by atoms with Crippen LogP contribution >= 0.6 is 0 Å². The van der Waals surface area contributed by atoms with Gasteiger partial charge in [0.05, 0.1) is 6.54 Å². The molecule has 100 valence electrons. The van der Waals surface area contributed by atoms with Crippen LogP contribution in [0.3, 0.4) is 0 Å². The Hall–Kier alpha value is -1.55. The zero-order valence-electron chi connectivity index (χ0n) is 11.0. The number of hydrogen-bond acceptors (Lipinski definition) is 4. The van der Waals surface area contributed by atoms with Crippen molar-refractivity contribution < 1.29 is 4.74 Å². The Morgan fingerprint density at radius 1 is 1.21 bits per heavy atom. The SMILES string of the molecule is c1ccc(NC2=NCC3(CN4CCC3CC4)O2)cc1. The minimum atomic E-state index is -0.0480. The highest BCUT2D eigenvalue weighted by Crippen LogP contribution is 2.40. The second-order valence-corrected chi connectivity index (χ2v) is 5.83. The number of nitrogens with one attached hydrogen (secondary N) is 1. The normalized spacial score (nSPS) is 36.1. The zero-order valence-corrected chi connectivity index (χ0v) is 11.0. The lowest BCUT2D eigenvalue weighted by Gasteiger charge is -2.50. The van der Waals surface area contributed by atoms with Crippen LogP contribution in [-0.4, -0.2) is 42.7 Å². The molecule has 4 heterocycles. The van der Waals surface area contributed by atoms with E-state index in [2.05, 4.69) is 15.2 Å². The molecular weight excluding hydrogens is 238 g/mol. The van der Waals surface area contributed by atoms with Crippen molar-refractivity contribution in [3.63, 3.8) is 0 Å². The van der Waals surface area contributed by atoms with Crippen LogP contribution in [0.1, 0.15) is 12.8 Å². The van der Waals surface area contributed by atoms with E-state index >= 15 is 0 Å². The Morgan fingerprint density at radius 3 is 2.68 bits per heavy atom. The number of ether oxygens (including phenoxy) is 1. The molecule has 4 nitrogen and oxygen atoms in total. The molecule has 2 bridgehead atoms. The molecule has 1 atom stereocenters. The van der Waals surface area contributed by atoms with Gasteiger partial charge in [0, 0.05) is 18.2 Å². The van der Waals surface area contributed by atoms with Crippen molar-refractivity contribution in [3.05, 3.63) is 30.3 Å². The predicted octanol–water partition coefficient (Wildman–Crippen LogP) is 1.95. The van der Waals surface area contributed by atoms with Gasteiger partial charge in [0.2, 0.25) is 0 Å². The summed E-state index contributed by atoms with van der Waals surface area (Å²) in [5, 5.41) is 3.28. The molecule has 3 fully saturated rings. The molecule has 1 unspecified atom stereocenters. The Kier molecular flexibility index (Phi) is 2.52. The molecule has 0 saturated carbocycles. The summed E-state index contributed by atoms with van der Waals surface area (Å²) in [6.45, 7) is 4.32. The van der Waals surface area contributed by atoms with Gasteiger partial charge < -0.3 is 10.1 Å². The summed E-state index contributed by atoms with van der Waals surface area (Å²) in [7, 11) is 0. The lowest BCUT2D eigenvalue weighted by atomic mass is 9.75. The van der Waals surface area contributed by atoms with Crippen molar-refractivity contribution in [1.82, 2.24) is 4.90 Å². The molecule has 0 aliphatic carbocycles. The minimum absolute atomic E-state index is 0.0480. The van der Waals surface area contributed by atoms with Crippen LogP contribution in [0.4, 0.5) is 5.69 Å². The number of nitrogens with zero attached hydrogens (tertiary/aromatic N) is 2. The fourth-order valence-corrected chi connectivity index (χ4v) is 3.59. The van der Waals surface area contributed by atoms with Crippen molar-refractivity contribution >= 4 is 11.7 Å². The quantitative estimate of drug-likeness (QED) is 0.835. The van der Waals surface area contributed by atoms with Crippen LogP contribution < -0.4 is 5.32 Å². The maximum Gasteiger partial charge on any atom is 0.290 e. The molecule has 1 spiro atoms. The topological polar surface area (TPSA) is 36.9 Å². The largest absolute Gasteiger partial charge is 0.455 e. The second-order valence-electron chi connectivity index (χ2n) is 5.83. The average molecular weight is 257 g/mol. The zero-order chi connectivity index (χ0) is 12.7. The first-order valence-electron chi connectivity index (χ1n) is 7.12. The van der Waals surface area contributed by atoms with E-state index in [4.69, 9.17) is 4.74 Å². The van der Waals surface area contributed by atoms with Gasteiger partial charge in [-0.25, -0.2) is 4.99 Å². The summed E-state index contributed by atoms with van der Waals surface area (Å²) in [5.41, 5.74) is 0.993. The third-order valence-corrected chi connectivity index (χ3v) is 4.64. The highest BCUT2D eigenvalue weighted by Gasteiger charge is 2.51. The monoisotopic (exact) mass is 257 g/mol. The van der Waals surface area contributed by atoms with Crippen molar-refractivity contribution in [2.24, 2.45) is 10.9 Å². The van der Waals surface area contributed by atoms with Crippen LogP contribution in [0.15, 0.2) is 35.3 Å². The van der Waals surface area contributed by atoms with E-state index in [-0.39, 0.29) is 5.60 Å². The van der Waals surface area contributed by atoms with Crippen molar-refractivity contribution in [2.45, 2.75) is 18.4 Å². The van der Waals surface area contributed by atoms with E-state index in [9.17, 15) is 0 Å². The highest BCUT2D eigenvalue weighted by molar-refractivity contribution is 5.90. The predicted molar refractivity (Wildman–Crippen MR) is 75.3 cm³/mol. The van der Waals surface area contributed by atoms with E-state index in [1.807, 2.05) is 30.3 Å². The van der Waals surface area contributed by atoms with Crippen LogP contribution in [0.5, 0.6) is 0 Å². The lowest BCUT2D eigenvalue weighted by molar-refractivity contribution is -0.0829. The third kappa shape index (κ3) is 1.91. The molecule has 19 heavy (non-hydrogen) atoms. The smallest absolute Gasteiger partial charge is 0.290 e. The Morgan fingerprint density at radius 2 is 2.00 bits per heavy atom. The van der Waals surface area contributed by atoms with Crippen molar-refractivity contribution in [1.29, 1.82) is 0 Å². The number of fused-ring (bicyclic) bond motifs is 2. The molecule has 4 heteroatoms. The van der Waals surface area contributed by atoms with Crippen LogP contribution in [0.2, 0.25) is 0 Å². The molecule has 3 saturated heterocycles. The van der Waals surface area contributed by atoms with Crippen molar-refractivity contribution in [3.8, 4) is 0 Å². The third-order valence-electron chi connectivity index (χ3n) is 4.64. The maximum atomic E-state index is 6.22. The summed E-state index contributed by atoms with van der Waals surface area (Å²) in [6, 6.07) is 10.8. The molecule has 4 aliphatic heterocycles. The molecule has 1 aromatic rings. The minimum Gasteiger partial charge on any atom is -0.455 e. The second kappa shape index (κ2) is 4.23. The molecular formula is C15H19N3O. The molecule has 5 rings (SSSR count). The first kappa shape index (κ1) is 11.3. The van der Waals surface area contributed by atoms with Gasteiger partial charge in [0.1, 0.15) is 5.60 Å². The molecule has 4 aliphatic rings. The fraction of sp³-hybridized carbons (Fsp3) is 0.533. The summed E-state index contributed by atoms with van der Waals surface area (Å²) >= 11 is 0. The number of para-hydroxylation sites is 1. The van der Waals surface area contributed by atoms with Crippen LogP contribution in [0, 0.1) is 5.92 Å². The summed E-state index contributed by atoms with van der Waals surface area (Å²) in [6.07, 6.45) is 2.52. The van der Waals surface area contributed by atoms with Gasteiger partial charge in [-0.15, -0.1) is 0 Å². The van der Waals surface area contributed by atoms with Gasteiger partial charge in [0.15, 0.2) is 0 Å². The number of rotatable bonds is 1. The lowest BCUT2D eigenvalue weighted by Crippen LogP contribution is -2.61. The van der Waals surface area contributed by atoms with Gasteiger partial charge in [-0.05, 0) is 38.1 Å². The number of aliphatic imine (C=N–C) groups is 1. The summed E-state index contributed by atoms with van der Waals surface area (Å²) < 4.78 is 6.22. The van der Waals surface area contributed by atoms with Crippen LogP contribution in [0.25, 0.3) is 0 Å². The van der Waals surface area contributed by atoms with E-state index in [0.29, 0.717) is 11.9 Å². The Bertz CT molecular complexity index is 493. The van der Waals surface area contributed by atoms with Gasteiger partial charge in [-0.3, -0.25) is 4.90 Å². The summed E-state index contributed by atoms with van der Waals surface area (Å²) in [5.74, 6) is 0.677. The molecule has 0 radical (unpaired) electrons. The highest BCUT2D eigenvalue weighted by atomic mass is 16.5. The van der Waals surface area contributed by atoms with E-state index in [1.165, 1.54) is 25.9 Å². The molecule has 0 amide bonds. The fourth-order valence-electron chi connectivity index (χ4n) is 3.59.